The van der Waals surface area contributed by atoms with Gasteiger partial charge in [0.25, 0.3) is 0 Å². The van der Waals surface area contributed by atoms with Gasteiger partial charge in [0, 0.05) is 11.6 Å². The van der Waals surface area contributed by atoms with E-state index in [1.54, 1.807) is 0 Å². The van der Waals surface area contributed by atoms with Crippen molar-refractivity contribution in [2.75, 3.05) is 0 Å². The highest BCUT2D eigenvalue weighted by Gasteiger charge is 2.16. The van der Waals surface area contributed by atoms with Crippen LogP contribution in [0.1, 0.15) is 5.56 Å². The summed E-state index contributed by atoms with van der Waals surface area (Å²) >= 11 is 0. The number of aromatic hydroxyl groups is 2. The van der Waals surface area contributed by atoms with Crippen LogP contribution in [0.15, 0.2) is 18.2 Å². The molecule has 0 heterocycles. The minimum Gasteiger partial charge on any atom is -0.508 e. The molecule has 0 amide bonds. The van der Waals surface area contributed by atoms with Crippen molar-refractivity contribution in [3.8, 4) is 11.5 Å². The summed E-state index contributed by atoms with van der Waals surface area (Å²) in [5.74, 6) is -0.463. The highest BCUT2D eigenvalue weighted by molar-refractivity contribution is 7.50. The number of hydrogen-bond donors (Lipinski definition) is 4. The number of benzene rings is 1. The van der Waals surface area contributed by atoms with E-state index in [0.29, 0.717) is 0 Å². The third-order valence-corrected chi connectivity index (χ3v) is 2.20. The Labute approximate surface area is 74.4 Å². The normalized spacial score (nSPS) is 11.5. The Morgan fingerprint density at radius 3 is 2.31 bits per heavy atom. The molecule has 0 bridgehead atoms. The molecule has 0 aliphatic rings. The Kier molecular flexibility index (Phi) is 2.61. The minimum atomic E-state index is -4.17. The van der Waals surface area contributed by atoms with Gasteiger partial charge in [-0.3, -0.25) is 4.57 Å². The molecule has 0 saturated heterocycles. The molecular formula is C7H9O5P. The van der Waals surface area contributed by atoms with Crippen LogP contribution in [0.4, 0.5) is 0 Å². The molecule has 5 nitrogen and oxygen atoms in total. The monoisotopic (exact) mass is 204 g/mol. The summed E-state index contributed by atoms with van der Waals surface area (Å²) in [6.45, 7) is 0. The molecule has 0 spiro atoms. The lowest BCUT2D eigenvalue weighted by Crippen LogP contribution is -1.87. The Morgan fingerprint density at radius 1 is 1.23 bits per heavy atom. The van der Waals surface area contributed by atoms with Gasteiger partial charge in [-0.25, -0.2) is 0 Å². The van der Waals surface area contributed by atoms with Crippen molar-refractivity contribution in [3.05, 3.63) is 23.8 Å². The molecule has 0 fully saturated rings. The molecule has 13 heavy (non-hydrogen) atoms. The van der Waals surface area contributed by atoms with Crippen molar-refractivity contribution in [3.63, 3.8) is 0 Å². The van der Waals surface area contributed by atoms with Crippen LogP contribution in [0.2, 0.25) is 0 Å². The van der Waals surface area contributed by atoms with Gasteiger partial charge in [0.15, 0.2) is 0 Å². The molecule has 0 aliphatic heterocycles. The molecule has 1 aromatic rings. The fourth-order valence-corrected chi connectivity index (χ4v) is 1.62. The molecule has 0 atom stereocenters. The molecule has 4 N–H and O–H groups in total. The number of phenolic OH excluding ortho intramolecular Hbond substituents is 2. The van der Waals surface area contributed by atoms with Gasteiger partial charge in [0.1, 0.15) is 11.5 Å². The second-order valence-electron chi connectivity index (χ2n) is 2.64. The van der Waals surface area contributed by atoms with E-state index in [0.717, 1.165) is 6.07 Å². The van der Waals surface area contributed by atoms with Crippen LogP contribution >= 0.6 is 7.60 Å². The van der Waals surface area contributed by atoms with Crippen molar-refractivity contribution < 1.29 is 24.6 Å². The van der Waals surface area contributed by atoms with Crippen LogP contribution in [0.25, 0.3) is 0 Å². The Balaban J connectivity index is 2.97. The Morgan fingerprint density at radius 2 is 1.85 bits per heavy atom. The van der Waals surface area contributed by atoms with E-state index >= 15 is 0 Å². The lowest BCUT2D eigenvalue weighted by Gasteiger charge is -2.05. The van der Waals surface area contributed by atoms with Crippen LogP contribution in [0, 0.1) is 0 Å². The van der Waals surface area contributed by atoms with E-state index < -0.39 is 13.8 Å². The molecule has 0 aliphatic carbocycles. The molecule has 6 heteroatoms. The fraction of sp³-hybridized carbons (Fsp3) is 0.143. The summed E-state index contributed by atoms with van der Waals surface area (Å²) in [6.07, 6.45) is -0.529. The topological polar surface area (TPSA) is 98.0 Å². The Bertz CT molecular complexity index is 356. The second kappa shape index (κ2) is 3.38. The van der Waals surface area contributed by atoms with E-state index in [4.69, 9.17) is 20.0 Å². The molecule has 0 radical (unpaired) electrons. The van der Waals surface area contributed by atoms with Gasteiger partial charge in [-0.05, 0) is 6.07 Å². The van der Waals surface area contributed by atoms with Gasteiger partial charge < -0.3 is 20.0 Å². The molecular weight excluding hydrogens is 195 g/mol. The zero-order valence-electron chi connectivity index (χ0n) is 6.58. The minimum absolute atomic E-state index is 0.117. The zero-order valence-corrected chi connectivity index (χ0v) is 7.48. The number of rotatable bonds is 2. The van der Waals surface area contributed by atoms with Crippen molar-refractivity contribution in [2.45, 2.75) is 6.16 Å². The summed E-state index contributed by atoms with van der Waals surface area (Å²) < 4.78 is 10.6. The van der Waals surface area contributed by atoms with Gasteiger partial charge in [-0.1, -0.05) is 6.07 Å². The first-order valence-corrected chi connectivity index (χ1v) is 5.24. The quantitative estimate of drug-likeness (QED) is 0.533. The number of phenols is 2. The third kappa shape index (κ3) is 3.06. The van der Waals surface area contributed by atoms with E-state index in [1.165, 1.54) is 12.1 Å². The van der Waals surface area contributed by atoms with Crippen LogP contribution in [0.3, 0.4) is 0 Å². The Hall–Kier alpha value is -1.03. The van der Waals surface area contributed by atoms with Gasteiger partial charge in [0.05, 0.1) is 6.16 Å². The largest absolute Gasteiger partial charge is 0.508 e. The van der Waals surface area contributed by atoms with Gasteiger partial charge in [-0.2, -0.15) is 0 Å². The molecule has 0 saturated carbocycles. The fourth-order valence-electron chi connectivity index (χ4n) is 0.908. The SMILES string of the molecule is O=P(O)(O)Cc1ccc(O)cc1O. The van der Waals surface area contributed by atoms with E-state index in [1.807, 2.05) is 0 Å². The van der Waals surface area contributed by atoms with E-state index in [9.17, 15) is 4.57 Å². The first-order chi connectivity index (χ1) is 5.88. The second-order valence-corrected chi connectivity index (χ2v) is 4.28. The molecule has 0 unspecified atom stereocenters. The number of hydrogen-bond acceptors (Lipinski definition) is 3. The van der Waals surface area contributed by atoms with E-state index in [2.05, 4.69) is 0 Å². The lowest BCUT2D eigenvalue weighted by molar-refractivity contribution is 0.369. The average molecular weight is 204 g/mol. The smallest absolute Gasteiger partial charge is 0.330 e. The van der Waals surface area contributed by atoms with Crippen LogP contribution in [0.5, 0.6) is 11.5 Å². The predicted octanol–water partition coefficient (Wildman–Crippen LogP) is 0.775. The summed E-state index contributed by atoms with van der Waals surface area (Å²) in [7, 11) is -4.17. The predicted molar refractivity (Wildman–Crippen MR) is 45.5 cm³/mol. The summed E-state index contributed by atoms with van der Waals surface area (Å²) in [5.41, 5.74) is 0.117. The van der Waals surface area contributed by atoms with Gasteiger partial charge in [0.2, 0.25) is 0 Å². The highest BCUT2D eigenvalue weighted by Crippen LogP contribution is 2.41. The molecule has 72 valence electrons. The average Bonchev–Trinajstić information content (AvgIpc) is 1.93. The summed E-state index contributed by atoms with van der Waals surface area (Å²) in [4.78, 5) is 17.2. The van der Waals surface area contributed by atoms with E-state index in [-0.39, 0.29) is 17.1 Å². The summed E-state index contributed by atoms with van der Waals surface area (Å²) in [5, 5.41) is 18.0. The standard InChI is InChI=1S/C7H9O5P/c8-6-2-1-5(7(9)3-6)4-13(10,11)12/h1-3,8-9H,4H2,(H2,10,11,12). The maximum atomic E-state index is 10.6. The van der Waals surface area contributed by atoms with Gasteiger partial charge in [-0.15, -0.1) is 0 Å². The maximum absolute atomic E-state index is 10.6. The van der Waals surface area contributed by atoms with Crippen molar-refractivity contribution in [1.29, 1.82) is 0 Å². The first-order valence-electron chi connectivity index (χ1n) is 3.44. The first kappa shape index (κ1) is 10.1. The van der Waals surface area contributed by atoms with Crippen LogP contribution in [-0.4, -0.2) is 20.0 Å². The van der Waals surface area contributed by atoms with Crippen molar-refractivity contribution in [1.82, 2.24) is 0 Å². The van der Waals surface area contributed by atoms with Crippen molar-refractivity contribution >= 4 is 7.60 Å². The lowest BCUT2D eigenvalue weighted by atomic mass is 10.2. The van der Waals surface area contributed by atoms with Gasteiger partial charge >= 0.3 is 7.60 Å². The maximum Gasteiger partial charge on any atom is 0.330 e. The summed E-state index contributed by atoms with van der Waals surface area (Å²) in [6, 6.07) is 3.56. The van der Waals surface area contributed by atoms with Crippen LogP contribution in [-0.2, 0) is 10.7 Å². The molecule has 1 aromatic carbocycles. The highest BCUT2D eigenvalue weighted by atomic mass is 31.2. The van der Waals surface area contributed by atoms with Crippen LogP contribution < -0.4 is 0 Å². The zero-order chi connectivity index (χ0) is 10.1. The molecule has 1 rings (SSSR count). The van der Waals surface area contributed by atoms with Crippen molar-refractivity contribution in [2.24, 2.45) is 0 Å². The molecule has 0 aromatic heterocycles. The third-order valence-electron chi connectivity index (χ3n) is 1.45.